The third-order valence-corrected chi connectivity index (χ3v) is 10.5. The van der Waals surface area contributed by atoms with Gasteiger partial charge in [-0.25, -0.2) is 8.42 Å². The van der Waals surface area contributed by atoms with Crippen LogP contribution in [0.15, 0.2) is 40.6 Å². The summed E-state index contributed by atoms with van der Waals surface area (Å²) < 4.78 is 33.5. The summed E-state index contributed by atoms with van der Waals surface area (Å²) in [5.41, 5.74) is 0.502. The molecule has 1 fully saturated rings. The van der Waals surface area contributed by atoms with Gasteiger partial charge in [-0.1, -0.05) is 70.8 Å². The maximum absolute atomic E-state index is 13.2. The van der Waals surface area contributed by atoms with Gasteiger partial charge >= 0.3 is 0 Å². The van der Waals surface area contributed by atoms with E-state index in [4.69, 9.17) is 4.74 Å². The van der Waals surface area contributed by atoms with Gasteiger partial charge in [0, 0.05) is 29.6 Å². The van der Waals surface area contributed by atoms with Crippen molar-refractivity contribution < 1.29 is 17.9 Å². The van der Waals surface area contributed by atoms with E-state index in [9.17, 15) is 13.2 Å². The molecule has 0 aliphatic carbocycles. The average molecular weight is 564 g/mol. The molecule has 1 aliphatic heterocycles. The lowest BCUT2D eigenvalue weighted by Gasteiger charge is -2.16. The summed E-state index contributed by atoms with van der Waals surface area (Å²) in [6.45, 7) is 4.54. The van der Waals surface area contributed by atoms with Crippen molar-refractivity contribution in [1.82, 2.24) is 14.9 Å². The zero-order valence-electron chi connectivity index (χ0n) is 23.0. The quantitative estimate of drug-likeness (QED) is 0.219. The van der Waals surface area contributed by atoms with E-state index in [0.29, 0.717) is 28.6 Å². The van der Waals surface area contributed by atoms with Crippen LogP contribution in [0.3, 0.4) is 0 Å². The first-order valence-electron chi connectivity index (χ1n) is 14.2. The van der Waals surface area contributed by atoms with Gasteiger partial charge in [0.25, 0.3) is 15.9 Å². The molecule has 0 saturated carbocycles. The number of unbranched alkanes of at least 4 members (excludes halogenated alkanes) is 9. The van der Waals surface area contributed by atoms with Crippen molar-refractivity contribution >= 4 is 27.3 Å². The van der Waals surface area contributed by atoms with Crippen molar-refractivity contribution in [3.63, 3.8) is 0 Å². The molecule has 38 heavy (non-hydrogen) atoms. The van der Waals surface area contributed by atoms with Crippen LogP contribution in [0, 0.1) is 0 Å². The Kier molecular flexibility index (Phi) is 13.1. The number of hydrogen-bond acceptors (Lipinski definition) is 6. The molecule has 0 spiro atoms. The molecular formula is C29H45N3O4S2. The maximum Gasteiger partial charge on any atom is 0.252 e. The van der Waals surface area contributed by atoms with Gasteiger partial charge in [-0.3, -0.25) is 4.79 Å². The van der Waals surface area contributed by atoms with Crippen molar-refractivity contribution in [1.29, 1.82) is 0 Å². The normalized spacial score (nSPS) is 16.1. The minimum absolute atomic E-state index is 0.213. The summed E-state index contributed by atoms with van der Waals surface area (Å²) in [6, 6.07) is 10.6. The summed E-state index contributed by atoms with van der Waals surface area (Å²) >= 11 is 1.22. The highest BCUT2D eigenvalue weighted by atomic mass is 32.2. The Bertz CT molecular complexity index is 1090. The lowest BCUT2D eigenvalue weighted by atomic mass is 10.1. The van der Waals surface area contributed by atoms with E-state index in [0.717, 1.165) is 24.3 Å². The van der Waals surface area contributed by atoms with Gasteiger partial charge in [0.15, 0.2) is 0 Å². The number of nitrogens with zero attached hydrogens (tertiary/aromatic N) is 1. The van der Waals surface area contributed by atoms with Crippen molar-refractivity contribution in [2.24, 2.45) is 0 Å². The molecule has 2 aromatic rings. The summed E-state index contributed by atoms with van der Waals surface area (Å²) in [7, 11) is -1.96. The number of sulfonamides is 1. The lowest BCUT2D eigenvalue weighted by molar-refractivity contribution is 0.0951. The lowest BCUT2D eigenvalue weighted by Crippen LogP contribution is -2.35. The molecular weight excluding hydrogens is 518 g/mol. The topological polar surface area (TPSA) is 87.7 Å². The number of rotatable bonds is 18. The van der Waals surface area contributed by atoms with Crippen molar-refractivity contribution in [2.45, 2.75) is 94.3 Å². The van der Waals surface area contributed by atoms with Crippen LogP contribution in [0.25, 0.3) is 0 Å². The third-order valence-electron chi connectivity index (χ3n) is 7.10. The number of amides is 1. The second kappa shape index (κ2) is 16.2. The molecule has 2 heterocycles. The predicted molar refractivity (Wildman–Crippen MR) is 155 cm³/mol. The van der Waals surface area contributed by atoms with Crippen LogP contribution in [0.5, 0.6) is 5.75 Å². The monoisotopic (exact) mass is 563 g/mol. The van der Waals surface area contributed by atoms with Crippen LogP contribution in [0.4, 0.5) is 0 Å². The zero-order valence-corrected chi connectivity index (χ0v) is 24.7. The predicted octanol–water partition coefficient (Wildman–Crippen LogP) is 5.96. The van der Waals surface area contributed by atoms with Crippen LogP contribution in [-0.4, -0.2) is 51.4 Å². The highest BCUT2D eigenvalue weighted by Crippen LogP contribution is 2.27. The van der Waals surface area contributed by atoms with Crippen LogP contribution in [-0.2, 0) is 16.6 Å². The minimum atomic E-state index is -3.52. The molecule has 0 radical (unpaired) electrons. The number of hydrogen-bond donors (Lipinski definition) is 2. The van der Waals surface area contributed by atoms with Gasteiger partial charge in [-0.2, -0.15) is 4.31 Å². The first-order valence-corrected chi connectivity index (χ1v) is 16.4. The standard InChI is InChI=1S/C29H45N3O4S2/c1-3-4-5-6-7-8-9-10-11-12-19-30-25-18-20-32(23-25)38(34,35)28-17-16-27(37-28)22-31-29(33)24-14-13-15-26(21-24)36-2/h13-17,21,25,30H,3-12,18-20,22-23H2,1-2H3,(H,31,33). The van der Waals surface area contributed by atoms with E-state index >= 15 is 0 Å². The number of nitrogens with one attached hydrogen (secondary N) is 2. The van der Waals surface area contributed by atoms with E-state index in [1.54, 1.807) is 47.8 Å². The fourth-order valence-electron chi connectivity index (χ4n) is 4.78. The molecule has 1 saturated heterocycles. The highest BCUT2D eigenvalue weighted by molar-refractivity contribution is 7.91. The van der Waals surface area contributed by atoms with E-state index in [1.165, 1.54) is 69.1 Å². The van der Waals surface area contributed by atoms with E-state index < -0.39 is 10.0 Å². The smallest absolute Gasteiger partial charge is 0.252 e. The van der Waals surface area contributed by atoms with Gasteiger partial charge in [-0.05, 0) is 49.7 Å². The summed E-state index contributed by atoms with van der Waals surface area (Å²) in [5.74, 6) is 0.390. The van der Waals surface area contributed by atoms with Crippen molar-refractivity contribution in [2.75, 3.05) is 26.7 Å². The molecule has 1 aliphatic rings. The fraction of sp³-hybridized carbons (Fsp3) is 0.621. The van der Waals surface area contributed by atoms with Crippen molar-refractivity contribution in [3.8, 4) is 5.75 Å². The maximum atomic E-state index is 13.2. The number of benzene rings is 1. The van der Waals surface area contributed by atoms with Crippen LogP contribution in [0.2, 0.25) is 0 Å². The Morgan fingerprint density at radius 3 is 2.45 bits per heavy atom. The Morgan fingerprint density at radius 2 is 1.74 bits per heavy atom. The largest absolute Gasteiger partial charge is 0.497 e. The Labute approximate surface area is 233 Å². The molecule has 1 atom stereocenters. The van der Waals surface area contributed by atoms with E-state index in [-0.39, 0.29) is 18.5 Å². The first-order chi connectivity index (χ1) is 18.4. The van der Waals surface area contributed by atoms with Crippen LogP contribution >= 0.6 is 11.3 Å². The van der Waals surface area contributed by atoms with Crippen LogP contribution < -0.4 is 15.4 Å². The molecule has 2 N–H and O–H groups in total. The molecule has 1 unspecified atom stereocenters. The molecule has 0 bridgehead atoms. The molecule has 1 amide bonds. The summed E-state index contributed by atoms with van der Waals surface area (Å²) in [4.78, 5) is 13.3. The Morgan fingerprint density at radius 1 is 1.03 bits per heavy atom. The van der Waals surface area contributed by atoms with Gasteiger partial charge in [0.05, 0.1) is 13.7 Å². The average Bonchev–Trinajstić information content (AvgIpc) is 3.61. The molecule has 9 heteroatoms. The minimum Gasteiger partial charge on any atom is -0.497 e. The van der Waals surface area contributed by atoms with Gasteiger partial charge in [-0.15, -0.1) is 11.3 Å². The number of ether oxygens (including phenoxy) is 1. The molecule has 1 aromatic carbocycles. The fourth-order valence-corrected chi connectivity index (χ4v) is 7.73. The SMILES string of the molecule is CCCCCCCCCCCCNC1CCN(S(=O)(=O)c2ccc(CNC(=O)c3cccc(OC)c3)s2)C1. The van der Waals surface area contributed by atoms with Crippen molar-refractivity contribution in [3.05, 3.63) is 46.8 Å². The zero-order chi connectivity index (χ0) is 27.2. The molecule has 3 rings (SSSR count). The number of thiophene rings is 1. The Hall–Kier alpha value is -1.94. The summed E-state index contributed by atoms with van der Waals surface area (Å²) in [6.07, 6.45) is 14.0. The van der Waals surface area contributed by atoms with Crippen LogP contribution in [0.1, 0.15) is 92.8 Å². The van der Waals surface area contributed by atoms with Gasteiger partial charge in [0.2, 0.25) is 0 Å². The van der Waals surface area contributed by atoms with Gasteiger partial charge in [0.1, 0.15) is 9.96 Å². The summed E-state index contributed by atoms with van der Waals surface area (Å²) in [5, 5.41) is 6.42. The molecule has 7 nitrogen and oxygen atoms in total. The first kappa shape index (κ1) is 30.6. The highest BCUT2D eigenvalue weighted by Gasteiger charge is 2.33. The Balaban J connectivity index is 1.34. The number of methoxy groups -OCH3 is 1. The number of carbonyl (C=O) groups is 1. The number of carbonyl (C=O) groups excluding carboxylic acids is 1. The molecule has 212 valence electrons. The van der Waals surface area contributed by atoms with E-state index in [1.807, 2.05) is 0 Å². The molecule has 1 aromatic heterocycles. The van der Waals surface area contributed by atoms with Gasteiger partial charge < -0.3 is 15.4 Å². The second-order valence-corrected chi connectivity index (χ2v) is 13.5. The van der Waals surface area contributed by atoms with E-state index in [2.05, 4.69) is 17.6 Å². The second-order valence-electron chi connectivity index (χ2n) is 10.1. The third kappa shape index (κ3) is 9.67.